The van der Waals surface area contributed by atoms with E-state index in [4.69, 9.17) is 5.84 Å². The van der Waals surface area contributed by atoms with Crippen molar-refractivity contribution in [2.75, 3.05) is 11.7 Å². The van der Waals surface area contributed by atoms with Gasteiger partial charge in [0.1, 0.15) is 0 Å². The highest BCUT2D eigenvalue weighted by Gasteiger charge is 2.07. The molecule has 1 aromatic heterocycles. The van der Waals surface area contributed by atoms with Crippen molar-refractivity contribution < 1.29 is 8.42 Å². The highest BCUT2D eigenvalue weighted by atomic mass is 32.2. The maximum atomic E-state index is 11.3. The maximum Gasteiger partial charge on any atom is 0.175 e. The van der Waals surface area contributed by atoms with Gasteiger partial charge in [0.05, 0.1) is 10.6 Å². The molecule has 0 radical (unpaired) electrons. The first-order valence-corrected chi connectivity index (χ1v) is 7.01. The lowest BCUT2D eigenvalue weighted by Gasteiger charge is -2.03. The number of benzene rings is 1. The van der Waals surface area contributed by atoms with E-state index in [-0.39, 0.29) is 4.90 Å². The fourth-order valence-electron chi connectivity index (χ4n) is 1.44. The molecule has 6 nitrogen and oxygen atoms in total. The summed E-state index contributed by atoms with van der Waals surface area (Å²) >= 11 is 0. The molecule has 1 heterocycles. The smallest absolute Gasteiger partial charge is 0.175 e. The third kappa shape index (κ3) is 2.63. The van der Waals surface area contributed by atoms with Crippen molar-refractivity contribution in [1.82, 2.24) is 10.2 Å². The van der Waals surface area contributed by atoms with Crippen molar-refractivity contribution >= 4 is 15.7 Å². The number of hydrazine groups is 1. The first-order chi connectivity index (χ1) is 8.50. The van der Waals surface area contributed by atoms with Crippen molar-refractivity contribution in [2.45, 2.75) is 4.90 Å². The summed E-state index contributed by atoms with van der Waals surface area (Å²) in [4.78, 5) is 0.277. The van der Waals surface area contributed by atoms with Crippen LogP contribution in [-0.2, 0) is 9.84 Å². The van der Waals surface area contributed by atoms with E-state index < -0.39 is 9.84 Å². The zero-order valence-corrected chi connectivity index (χ0v) is 10.5. The van der Waals surface area contributed by atoms with Crippen LogP contribution in [-0.4, -0.2) is 24.9 Å². The van der Waals surface area contributed by atoms with Gasteiger partial charge < -0.3 is 5.43 Å². The zero-order chi connectivity index (χ0) is 13.2. The number of nitrogen functional groups attached to an aromatic ring is 1. The standard InChI is InChI=1S/C11H12N4O2S/c1-18(16,17)9-4-2-8(3-5-9)10-6-7-11(13-12)15-14-10/h2-7H,12H2,1H3,(H,13,15). The molecule has 18 heavy (non-hydrogen) atoms. The summed E-state index contributed by atoms with van der Waals surface area (Å²) in [6.07, 6.45) is 1.17. The Kier molecular flexibility index (Phi) is 3.26. The number of nitrogens with two attached hydrogens (primary N) is 1. The van der Waals surface area contributed by atoms with Crippen LogP contribution in [0.4, 0.5) is 5.82 Å². The molecular formula is C11H12N4O2S. The molecule has 1 aromatic carbocycles. The monoisotopic (exact) mass is 264 g/mol. The van der Waals surface area contributed by atoms with E-state index in [1.54, 1.807) is 36.4 Å². The quantitative estimate of drug-likeness (QED) is 0.629. The molecule has 3 N–H and O–H groups in total. The van der Waals surface area contributed by atoms with E-state index >= 15 is 0 Å². The number of hydrogen-bond donors (Lipinski definition) is 2. The Labute approximate surface area is 105 Å². The normalized spacial score (nSPS) is 11.2. The molecule has 0 spiro atoms. The molecule has 2 rings (SSSR count). The average molecular weight is 264 g/mol. The van der Waals surface area contributed by atoms with Crippen LogP contribution in [0.2, 0.25) is 0 Å². The molecular weight excluding hydrogens is 252 g/mol. The summed E-state index contributed by atoms with van der Waals surface area (Å²) in [5.41, 5.74) is 3.82. The maximum absolute atomic E-state index is 11.3. The van der Waals surface area contributed by atoms with Gasteiger partial charge in [0.2, 0.25) is 0 Å². The highest BCUT2D eigenvalue weighted by Crippen LogP contribution is 2.19. The minimum Gasteiger partial charge on any atom is -0.307 e. The van der Waals surface area contributed by atoms with Crippen molar-refractivity contribution in [1.29, 1.82) is 0 Å². The molecule has 0 aliphatic heterocycles. The molecule has 2 aromatic rings. The van der Waals surface area contributed by atoms with E-state index in [9.17, 15) is 8.42 Å². The van der Waals surface area contributed by atoms with Crippen molar-refractivity contribution in [3.05, 3.63) is 36.4 Å². The first-order valence-electron chi connectivity index (χ1n) is 5.11. The SMILES string of the molecule is CS(=O)(=O)c1ccc(-c2ccc(NN)nn2)cc1. The van der Waals surface area contributed by atoms with Crippen LogP contribution in [0.1, 0.15) is 0 Å². The lowest BCUT2D eigenvalue weighted by Crippen LogP contribution is -2.09. The van der Waals surface area contributed by atoms with Gasteiger partial charge >= 0.3 is 0 Å². The number of anilines is 1. The van der Waals surface area contributed by atoms with Crippen LogP contribution in [0.25, 0.3) is 11.3 Å². The van der Waals surface area contributed by atoms with Gasteiger partial charge in [0.15, 0.2) is 15.7 Å². The molecule has 7 heteroatoms. The Bertz CT molecular complexity index is 636. The number of hydrogen-bond acceptors (Lipinski definition) is 6. The van der Waals surface area contributed by atoms with Crippen molar-refractivity contribution in [3.63, 3.8) is 0 Å². The Morgan fingerprint density at radius 1 is 1.06 bits per heavy atom. The number of sulfone groups is 1. The van der Waals surface area contributed by atoms with Gasteiger partial charge in [-0.05, 0) is 24.3 Å². The van der Waals surface area contributed by atoms with Crippen LogP contribution in [0.15, 0.2) is 41.3 Å². The third-order valence-corrected chi connectivity index (χ3v) is 3.52. The van der Waals surface area contributed by atoms with Crippen LogP contribution in [0.5, 0.6) is 0 Å². The molecule has 0 amide bonds. The molecule has 0 saturated carbocycles. The van der Waals surface area contributed by atoms with E-state index in [0.717, 1.165) is 5.56 Å². The van der Waals surface area contributed by atoms with E-state index in [0.29, 0.717) is 11.5 Å². The Balaban J connectivity index is 2.34. The molecule has 0 fully saturated rings. The van der Waals surface area contributed by atoms with E-state index in [1.165, 1.54) is 6.26 Å². The summed E-state index contributed by atoms with van der Waals surface area (Å²) in [7, 11) is -3.18. The van der Waals surface area contributed by atoms with Gasteiger partial charge in [-0.15, -0.1) is 10.2 Å². The predicted molar refractivity (Wildman–Crippen MR) is 68.4 cm³/mol. The third-order valence-electron chi connectivity index (χ3n) is 2.39. The molecule has 0 unspecified atom stereocenters. The van der Waals surface area contributed by atoms with Gasteiger partial charge in [-0.1, -0.05) is 12.1 Å². The Morgan fingerprint density at radius 2 is 1.72 bits per heavy atom. The second-order valence-electron chi connectivity index (χ2n) is 3.74. The molecule has 0 bridgehead atoms. The Hall–Kier alpha value is -1.99. The number of nitrogens with zero attached hydrogens (tertiary/aromatic N) is 2. The summed E-state index contributed by atoms with van der Waals surface area (Å²) < 4.78 is 22.6. The molecule has 0 aliphatic rings. The Morgan fingerprint density at radius 3 is 2.17 bits per heavy atom. The van der Waals surface area contributed by atoms with Crippen LogP contribution >= 0.6 is 0 Å². The lowest BCUT2D eigenvalue weighted by molar-refractivity contribution is 0.602. The summed E-state index contributed by atoms with van der Waals surface area (Å²) in [6.45, 7) is 0. The van der Waals surface area contributed by atoms with Gasteiger partial charge in [0.25, 0.3) is 0 Å². The summed E-state index contributed by atoms with van der Waals surface area (Å²) in [5, 5.41) is 7.81. The second kappa shape index (κ2) is 4.71. The molecule has 0 aliphatic carbocycles. The van der Waals surface area contributed by atoms with Crippen molar-refractivity contribution in [3.8, 4) is 11.3 Å². The molecule has 0 atom stereocenters. The van der Waals surface area contributed by atoms with Crippen LogP contribution < -0.4 is 11.3 Å². The highest BCUT2D eigenvalue weighted by molar-refractivity contribution is 7.90. The lowest BCUT2D eigenvalue weighted by atomic mass is 10.1. The van der Waals surface area contributed by atoms with Gasteiger partial charge in [-0.3, -0.25) is 0 Å². The van der Waals surface area contributed by atoms with E-state index in [1.807, 2.05) is 0 Å². The predicted octanol–water partition coefficient (Wildman–Crippen LogP) is 0.833. The average Bonchev–Trinajstić information content (AvgIpc) is 2.38. The minimum absolute atomic E-state index is 0.277. The second-order valence-corrected chi connectivity index (χ2v) is 5.76. The van der Waals surface area contributed by atoms with Crippen LogP contribution in [0, 0.1) is 0 Å². The van der Waals surface area contributed by atoms with Crippen LogP contribution in [0.3, 0.4) is 0 Å². The molecule has 0 saturated heterocycles. The number of aromatic nitrogens is 2. The number of rotatable bonds is 3. The largest absolute Gasteiger partial charge is 0.307 e. The summed E-state index contributed by atoms with van der Waals surface area (Å²) in [5.74, 6) is 5.65. The van der Waals surface area contributed by atoms with Gasteiger partial charge in [-0.2, -0.15) is 0 Å². The first kappa shape index (κ1) is 12.5. The summed E-state index contributed by atoms with van der Waals surface area (Å²) in [6, 6.07) is 9.90. The fourth-order valence-corrected chi connectivity index (χ4v) is 2.07. The van der Waals surface area contributed by atoms with Crippen molar-refractivity contribution in [2.24, 2.45) is 5.84 Å². The molecule has 94 valence electrons. The zero-order valence-electron chi connectivity index (χ0n) is 9.66. The number of nitrogens with one attached hydrogen (secondary N) is 1. The topological polar surface area (TPSA) is 98.0 Å². The van der Waals surface area contributed by atoms with E-state index in [2.05, 4.69) is 15.6 Å². The van der Waals surface area contributed by atoms with Gasteiger partial charge in [-0.25, -0.2) is 14.3 Å². The minimum atomic E-state index is -3.18. The fraction of sp³-hybridized carbons (Fsp3) is 0.0909. The van der Waals surface area contributed by atoms with Gasteiger partial charge in [0, 0.05) is 11.8 Å².